The highest BCUT2D eigenvalue weighted by molar-refractivity contribution is 5.09. The smallest absolute Gasteiger partial charge is 0.218 e. The van der Waals surface area contributed by atoms with Crippen molar-refractivity contribution in [3.05, 3.63) is 30.1 Å². The second kappa shape index (κ2) is 3.29. The Balaban J connectivity index is 2.75. The third kappa shape index (κ3) is 1.52. The van der Waals surface area contributed by atoms with E-state index in [0.717, 1.165) is 0 Å². The molecule has 0 aromatic carbocycles. The molecule has 10 heavy (non-hydrogen) atoms. The Morgan fingerprint density at radius 2 is 2.50 bits per heavy atom. The Morgan fingerprint density at radius 1 is 1.70 bits per heavy atom. The molecule has 0 spiro atoms. The second-order valence-electron chi connectivity index (χ2n) is 1.85. The second-order valence-corrected chi connectivity index (χ2v) is 1.85. The lowest BCUT2D eigenvalue weighted by atomic mass is 10.3. The highest BCUT2D eigenvalue weighted by Gasteiger charge is 2.04. The van der Waals surface area contributed by atoms with Crippen LogP contribution >= 0.6 is 0 Å². The number of aromatic nitrogens is 1. The number of ether oxygens (including phenoxy) is 1. The minimum absolute atomic E-state index is 0.560. The van der Waals surface area contributed by atoms with Gasteiger partial charge in [-0.15, -0.1) is 0 Å². The average Bonchev–Trinajstić information content (AvgIpc) is 2.05. The van der Waals surface area contributed by atoms with Crippen LogP contribution in [-0.4, -0.2) is 12.1 Å². The van der Waals surface area contributed by atoms with Crippen LogP contribution in [-0.2, 0) is 9.84 Å². The van der Waals surface area contributed by atoms with Crippen molar-refractivity contribution in [2.45, 2.75) is 6.29 Å². The molecule has 0 saturated carbocycles. The molecule has 0 bridgehead atoms. The molecule has 3 nitrogen and oxygen atoms in total. The number of nitrogens with zero attached hydrogens (tertiary/aromatic N) is 1. The minimum Gasteiger partial charge on any atom is -0.349 e. The summed E-state index contributed by atoms with van der Waals surface area (Å²) in [4.78, 5) is 3.77. The van der Waals surface area contributed by atoms with Gasteiger partial charge in [0, 0.05) is 25.1 Å². The maximum Gasteiger partial charge on any atom is 0.218 e. The molecular weight excluding hydrogens is 130 g/mol. The normalized spacial score (nSPS) is 13.0. The van der Waals surface area contributed by atoms with E-state index in [0.29, 0.717) is 5.56 Å². The molecule has 1 unspecified atom stereocenters. The van der Waals surface area contributed by atoms with E-state index < -0.39 is 6.29 Å². The fourth-order valence-electron chi connectivity index (χ4n) is 0.651. The fraction of sp³-hybridized carbons (Fsp3) is 0.286. The molecule has 1 radical (unpaired) electrons. The van der Waals surface area contributed by atoms with Crippen LogP contribution in [0.25, 0.3) is 0 Å². The molecule has 3 heteroatoms. The Hall–Kier alpha value is -0.930. The summed E-state index contributed by atoms with van der Waals surface area (Å²) >= 11 is 0. The minimum atomic E-state index is -1.10. The van der Waals surface area contributed by atoms with Crippen molar-refractivity contribution in [3.63, 3.8) is 0 Å². The third-order valence-corrected chi connectivity index (χ3v) is 1.17. The third-order valence-electron chi connectivity index (χ3n) is 1.17. The van der Waals surface area contributed by atoms with E-state index in [1.807, 2.05) is 0 Å². The van der Waals surface area contributed by atoms with Crippen LogP contribution in [0.3, 0.4) is 0 Å². The molecule has 1 atom stereocenters. The Labute approximate surface area is 59.3 Å². The van der Waals surface area contributed by atoms with Gasteiger partial charge in [-0.2, -0.15) is 5.11 Å². The average molecular weight is 138 g/mol. The van der Waals surface area contributed by atoms with Crippen LogP contribution in [0.5, 0.6) is 0 Å². The van der Waals surface area contributed by atoms with Crippen molar-refractivity contribution in [2.24, 2.45) is 0 Å². The predicted octanol–water partition coefficient (Wildman–Crippen LogP) is 1.16. The summed E-state index contributed by atoms with van der Waals surface area (Å²) in [6, 6.07) is 3.40. The van der Waals surface area contributed by atoms with Crippen molar-refractivity contribution < 1.29 is 9.84 Å². The van der Waals surface area contributed by atoms with Crippen LogP contribution in [0.4, 0.5) is 0 Å². The van der Waals surface area contributed by atoms with Gasteiger partial charge in [0.25, 0.3) is 0 Å². The lowest BCUT2D eigenvalue weighted by Crippen LogP contribution is -1.97. The van der Waals surface area contributed by atoms with E-state index >= 15 is 0 Å². The molecule has 1 aromatic heterocycles. The molecular formula is C7H8NO2. The highest BCUT2D eigenvalue weighted by atomic mass is 16.6. The van der Waals surface area contributed by atoms with Crippen molar-refractivity contribution >= 4 is 0 Å². The first-order valence-electron chi connectivity index (χ1n) is 2.93. The van der Waals surface area contributed by atoms with Crippen molar-refractivity contribution in [2.75, 3.05) is 7.11 Å². The summed E-state index contributed by atoms with van der Waals surface area (Å²) in [7, 11) is 1.38. The lowest BCUT2D eigenvalue weighted by molar-refractivity contribution is -0.123. The SMILES string of the molecule is COC([O])c1cccnc1. The van der Waals surface area contributed by atoms with Crippen LogP contribution in [0.1, 0.15) is 11.9 Å². The Bertz CT molecular complexity index is 188. The van der Waals surface area contributed by atoms with Crippen LogP contribution < -0.4 is 0 Å². The van der Waals surface area contributed by atoms with Gasteiger partial charge in [0.15, 0.2) is 0 Å². The molecule has 0 amide bonds. The van der Waals surface area contributed by atoms with E-state index in [2.05, 4.69) is 9.72 Å². The van der Waals surface area contributed by atoms with Gasteiger partial charge in [-0.1, -0.05) is 6.07 Å². The van der Waals surface area contributed by atoms with Gasteiger partial charge < -0.3 is 4.74 Å². The number of hydrogen-bond donors (Lipinski definition) is 0. The van der Waals surface area contributed by atoms with E-state index in [1.54, 1.807) is 18.3 Å². The van der Waals surface area contributed by atoms with E-state index in [-0.39, 0.29) is 0 Å². The van der Waals surface area contributed by atoms with Gasteiger partial charge in [-0.25, -0.2) is 0 Å². The molecule has 0 fully saturated rings. The first kappa shape index (κ1) is 7.18. The van der Waals surface area contributed by atoms with Gasteiger partial charge in [-0.3, -0.25) is 4.98 Å². The number of pyridine rings is 1. The molecule has 0 N–H and O–H groups in total. The number of hydrogen-bond acceptors (Lipinski definition) is 2. The summed E-state index contributed by atoms with van der Waals surface area (Å²) in [5, 5.41) is 10.8. The zero-order valence-electron chi connectivity index (χ0n) is 5.65. The fourth-order valence-corrected chi connectivity index (χ4v) is 0.651. The van der Waals surface area contributed by atoms with Gasteiger partial charge in [0.1, 0.15) is 0 Å². The molecule has 0 aliphatic rings. The monoisotopic (exact) mass is 138 g/mol. The van der Waals surface area contributed by atoms with Crippen LogP contribution in [0, 0.1) is 0 Å². The molecule has 1 heterocycles. The van der Waals surface area contributed by atoms with Crippen LogP contribution in [0.15, 0.2) is 24.5 Å². The van der Waals surface area contributed by atoms with E-state index in [4.69, 9.17) is 0 Å². The molecule has 1 rings (SSSR count). The van der Waals surface area contributed by atoms with Gasteiger partial charge in [0.2, 0.25) is 6.29 Å². The molecule has 0 saturated heterocycles. The molecule has 53 valence electrons. The quantitative estimate of drug-likeness (QED) is 0.575. The zero-order chi connectivity index (χ0) is 7.40. The first-order valence-corrected chi connectivity index (χ1v) is 2.93. The summed E-state index contributed by atoms with van der Waals surface area (Å²) in [6.45, 7) is 0. The maximum absolute atomic E-state index is 10.8. The summed E-state index contributed by atoms with van der Waals surface area (Å²) in [5.41, 5.74) is 0.560. The van der Waals surface area contributed by atoms with Gasteiger partial charge in [0.05, 0.1) is 0 Å². The van der Waals surface area contributed by atoms with Crippen molar-refractivity contribution in [3.8, 4) is 0 Å². The van der Waals surface area contributed by atoms with Crippen LogP contribution in [0.2, 0.25) is 0 Å². The Morgan fingerprint density at radius 3 is 3.00 bits per heavy atom. The first-order chi connectivity index (χ1) is 4.84. The van der Waals surface area contributed by atoms with Crippen molar-refractivity contribution in [1.82, 2.24) is 4.98 Å². The maximum atomic E-state index is 10.8. The van der Waals surface area contributed by atoms with E-state index in [1.165, 1.54) is 13.3 Å². The number of methoxy groups -OCH3 is 1. The summed E-state index contributed by atoms with van der Waals surface area (Å²) in [5.74, 6) is 0. The number of rotatable bonds is 2. The topological polar surface area (TPSA) is 42.0 Å². The largest absolute Gasteiger partial charge is 0.349 e. The van der Waals surface area contributed by atoms with E-state index in [9.17, 15) is 5.11 Å². The summed E-state index contributed by atoms with van der Waals surface area (Å²) in [6.07, 6.45) is 2.02. The molecule has 0 aliphatic carbocycles. The van der Waals surface area contributed by atoms with Gasteiger partial charge in [-0.05, 0) is 6.07 Å². The molecule has 0 aliphatic heterocycles. The van der Waals surface area contributed by atoms with Gasteiger partial charge >= 0.3 is 0 Å². The van der Waals surface area contributed by atoms with Crippen molar-refractivity contribution in [1.29, 1.82) is 0 Å². The predicted molar refractivity (Wildman–Crippen MR) is 34.7 cm³/mol. The summed E-state index contributed by atoms with van der Waals surface area (Å²) < 4.78 is 4.54. The Kier molecular flexibility index (Phi) is 2.36. The standard InChI is InChI=1S/C7H8NO2/c1-10-7(9)6-3-2-4-8-5-6/h2-5,7H,1H3. The molecule has 1 aromatic rings. The lowest BCUT2D eigenvalue weighted by Gasteiger charge is -2.03. The highest BCUT2D eigenvalue weighted by Crippen LogP contribution is 2.10. The zero-order valence-corrected chi connectivity index (χ0v) is 5.65.